The van der Waals surface area contributed by atoms with Crippen molar-refractivity contribution < 1.29 is 9.90 Å². The molecule has 4 heteroatoms. The molecular weight excluding hydrogens is 216 g/mol. The molecule has 17 heavy (non-hydrogen) atoms. The third-order valence-corrected chi connectivity index (χ3v) is 3.68. The van der Waals surface area contributed by atoms with Gasteiger partial charge in [-0.15, -0.1) is 0 Å². The van der Waals surface area contributed by atoms with Crippen LogP contribution in [0.15, 0.2) is 0 Å². The highest BCUT2D eigenvalue weighted by Gasteiger charge is 2.24. The molecule has 0 spiro atoms. The minimum absolute atomic E-state index is 0.0491. The molecule has 0 aromatic heterocycles. The van der Waals surface area contributed by atoms with E-state index < -0.39 is 0 Å². The Hall–Kier alpha value is -0.610. The zero-order chi connectivity index (χ0) is 12.7. The van der Waals surface area contributed by atoms with E-state index in [0.29, 0.717) is 12.5 Å². The Kier molecular flexibility index (Phi) is 6.52. The van der Waals surface area contributed by atoms with Crippen molar-refractivity contribution in [2.24, 2.45) is 17.6 Å². The van der Waals surface area contributed by atoms with Crippen LogP contribution in [0, 0.1) is 11.8 Å². The van der Waals surface area contributed by atoms with Crippen molar-refractivity contribution in [3.8, 4) is 0 Å². The number of nitrogens with two attached hydrogens (primary N) is 1. The number of hydrogen-bond donors (Lipinski definition) is 3. The molecule has 0 aromatic rings. The van der Waals surface area contributed by atoms with Crippen LogP contribution in [0.5, 0.6) is 0 Å². The van der Waals surface area contributed by atoms with Crippen molar-refractivity contribution in [2.45, 2.75) is 51.5 Å². The lowest BCUT2D eigenvalue weighted by atomic mass is 9.86. The molecule has 1 amide bonds. The Morgan fingerprint density at radius 2 is 2.29 bits per heavy atom. The Morgan fingerprint density at radius 3 is 2.94 bits per heavy atom. The minimum Gasteiger partial charge on any atom is -0.396 e. The van der Waals surface area contributed by atoms with Gasteiger partial charge in [0.25, 0.3) is 0 Å². The number of rotatable bonds is 6. The second kappa shape index (κ2) is 7.67. The first-order chi connectivity index (χ1) is 8.17. The molecule has 4 nitrogen and oxygen atoms in total. The second-order valence-corrected chi connectivity index (χ2v) is 5.25. The lowest BCUT2D eigenvalue weighted by molar-refractivity contribution is -0.125. The topological polar surface area (TPSA) is 75.4 Å². The first-order valence-electron chi connectivity index (χ1n) is 6.78. The summed E-state index contributed by atoms with van der Waals surface area (Å²) in [6.45, 7) is 2.85. The van der Waals surface area contributed by atoms with E-state index in [0.717, 1.165) is 38.5 Å². The molecular formula is C13H26N2O2. The highest BCUT2D eigenvalue weighted by Crippen LogP contribution is 2.24. The molecule has 0 aliphatic heterocycles. The molecule has 0 aromatic carbocycles. The number of amides is 1. The van der Waals surface area contributed by atoms with Gasteiger partial charge in [0.2, 0.25) is 5.91 Å². The van der Waals surface area contributed by atoms with E-state index in [2.05, 4.69) is 5.32 Å². The van der Waals surface area contributed by atoms with Gasteiger partial charge in [0.05, 0.1) is 0 Å². The Bertz CT molecular complexity index is 233. The van der Waals surface area contributed by atoms with E-state index in [9.17, 15) is 4.79 Å². The summed E-state index contributed by atoms with van der Waals surface area (Å²) in [5.74, 6) is 0.559. The number of nitrogens with one attached hydrogen (secondary N) is 1. The van der Waals surface area contributed by atoms with Crippen molar-refractivity contribution in [3.05, 3.63) is 0 Å². The Labute approximate surface area is 104 Å². The fraction of sp³-hybridized carbons (Fsp3) is 0.923. The Balaban J connectivity index is 2.29. The maximum atomic E-state index is 11.9. The molecule has 3 unspecified atom stereocenters. The number of carbonyl (C=O) groups is 1. The highest BCUT2D eigenvalue weighted by molar-refractivity contribution is 5.78. The summed E-state index contributed by atoms with van der Waals surface area (Å²) in [7, 11) is 0. The van der Waals surface area contributed by atoms with Crippen LogP contribution in [0.25, 0.3) is 0 Å². The first kappa shape index (κ1) is 14.5. The van der Waals surface area contributed by atoms with E-state index in [4.69, 9.17) is 10.8 Å². The van der Waals surface area contributed by atoms with Crippen LogP contribution in [0.2, 0.25) is 0 Å². The zero-order valence-corrected chi connectivity index (χ0v) is 10.8. The van der Waals surface area contributed by atoms with Gasteiger partial charge in [0.1, 0.15) is 0 Å². The van der Waals surface area contributed by atoms with Gasteiger partial charge in [-0.2, -0.15) is 0 Å². The van der Waals surface area contributed by atoms with Crippen molar-refractivity contribution in [1.82, 2.24) is 5.32 Å². The average Bonchev–Trinajstić information content (AvgIpc) is 2.36. The smallest absolute Gasteiger partial charge is 0.223 e. The lowest BCUT2D eigenvalue weighted by Crippen LogP contribution is -2.41. The maximum absolute atomic E-state index is 11.9. The summed E-state index contributed by atoms with van der Waals surface area (Å²) in [6, 6.07) is 0.258. The van der Waals surface area contributed by atoms with Gasteiger partial charge >= 0.3 is 0 Å². The van der Waals surface area contributed by atoms with E-state index >= 15 is 0 Å². The molecule has 0 heterocycles. The molecule has 3 atom stereocenters. The van der Waals surface area contributed by atoms with E-state index in [-0.39, 0.29) is 24.5 Å². The van der Waals surface area contributed by atoms with Gasteiger partial charge in [-0.05, 0) is 44.6 Å². The molecule has 1 aliphatic rings. The Morgan fingerprint density at radius 1 is 1.53 bits per heavy atom. The molecule has 0 radical (unpaired) electrons. The lowest BCUT2D eigenvalue weighted by Gasteiger charge is -2.29. The van der Waals surface area contributed by atoms with Crippen LogP contribution in [0.1, 0.15) is 45.4 Å². The van der Waals surface area contributed by atoms with E-state index in [1.54, 1.807) is 0 Å². The molecule has 1 aliphatic carbocycles. The summed E-state index contributed by atoms with van der Waals surface area (Å²) in [5.41, 5.74) is 5.44. The van der Waals surface area contributed by atoms with Crippen molar-refractivity contribution in [2.75, 3.05) is 13.2 Å². The summed E-state index contributed by atoms with van der Waals surface area (Å²) < 4.78 is 0. The van der Waals surface area contributed by atoms with Crippen molar-refractivity contribution in [3.63, 3.8) is 0 Å². The normalized spacial score (nSPS) is 26.5. The molecule has 4 N–H and O–H groups in total. The summed E-state index contributed by atoms with van der Waals surface area (Å²) in [5, 5.41) is 12.2. The third kappa shape index (κ3) is 5.04. The zero-order valence-electron chi connectivity index (χ0n) is 10.8. The van der Waals surface area contributed by atoms with E-state index in [1.807, 2.05) is 6.92 Å². The average molecular weight is 242 g/mol. The van der Waals surface area contributed by atoms with Gasteiger partial charge in [0, 0.05) is 18.6 Å². The van der Waals surface area contributed by atoms with Crippen LogP contribution in [-0.4, -0.2) is 30.2 Å². The maximum Gasteiger partial charge on any atom is 0.223 e. The summed E-state index contributed by atoms with van der Waals surface area (Å²) >= 11 is 0. The molecule has 0 saturated heterocycles. The summed E-state index contributed by atoms with van der Waals surface area (Å²) in [4.78, 5) is 11.9. The first-order valence-corrected chi connectivity index (χ1v) is 6.78. The fourth-order valence-corrected chi connectivity index (χ4v) is 2.49. The van der Waals surface area contributed by atoms with Gasteiger partial charge in [-0.3, -0.25) is 4.79 Å². The van der Waals surface area contributed by atoms with Gasteiger partial charge < -0.3 is 16.2 Å². The molecule has 1 saturated carbocycles. The predicted octanol–water partition coefficient (Wildman–Crippen LogP) is 1.03. The predicted molar refractivity (Wildman–Crippen MR) is 68.4 cm³/mol. The van der Waals surface area contributed by atoms with Gasteiger partial charge in [-0.1, -0.05) is 13.3 Å². The SMILES string of the molecule is CC(CCCN)C(=O)NC1CCCC(CO)C1. The van der Waals surface area contributed by atoms with Crippen LogP contribution in [0.4, 0.5) is 0 Å². The van der Waals surface area contributed by atoms with Crippen molar-refractivity contribution >= 4 is 5.91 Å². The highest BCUT2D eigenvalue weighted by atomic mass is 16.3. The summed E-state index contributed by atoms with van der Waals surface area (Å²) in [6.07, 6.45) is 5.92. The number of aliphatic hydroxyl groups excluding tert-OH is 1. The standard InChI is InChI=1S/C13H26N2O2/c1-10(4-3-7-14)13(17)15-12-6-2-5-11(8-12)9-16/h10-12,16H,2-9,14H2,1H3,(H,15,17). The van der Waals surface area contributed by atoms with Crippen LogP contribution in [0.3, 0.4) is 0 Å². The van der Waals surface area contributed by atoms with Gasteiger partial charge in [-0.25, -0.2) is 0 Å². The van der Waals surface area contributed by atoms with Crippen LogP contribution >= 0.6 is 0 Å². The van der Waals surface area contributed by atoms with Crippen LogP contribution in [-0.2, 0) is 4.79 Å². The molecule has 100 valence electrons. The third-order valence-electron chi connectivity index (χ3n) is 3.68. The largest absolute Gasteiger partial charge is 0.396 e. The number of hydrogen-bond acceptors (Lipinski definition) is 3. The van der Waals surface area contributed by atoms with Gasteiger partial charge in [0.15, 0.2) is 0 Å². The number of aliphatic hydroxyl groups is 1. The van der Waals surface area contributed by atoms with Crippen molar-refractivity contribution in [1.29, 1.82) is 0 Å². The number of carbonyl (C=O) groups excluding carboxylic acids is 1. The quantitative estimate of drug-likeness (QED) is 0.651. The fourth-order valence-electron chi connectivity index (χ4n) is 2.49. The second-order valence-electron chi connectivity index (χ2n) is 5.25. The minimum atomic E-state index is 0.0491. The molecule has 0 bridgehead atoms. The monoisotopic (exact) mass is 242 g/mol. The molecule has 1 rings (SSSR count). The molecule has 1 fully saturated rings. The van der Waals surface area contributed by atoms with Crippen LogP contribution < -0.4 is 11.1 Å². The van der Waals surface area contributed by atoms with E-state index in [1.165, 1.54) is 0 Å².